The Kier molecular flexibility index (Phi) is 5.43. The minimum Gasteiger partial charge on any atom is -0.383 e. The Morgan fingerprint density at radius 1 is 1.00 bits per heavy atom. The molecule has 0 radical (unpaired) electrons. The molecule has 1 unspecified atom stereocenters. The Morgan fingerprint density at radius 2 is 1.56 bits per heavy atom. The number of hydrogen-bond donors (Lipinski definition) is 1. The lowest BCUT2D eigenvalue weighted by atomic mass is 10.0. The molecule has 3 heteroatoms. The standard InChI is InChI=1S/C13H19Cl2N/c1-9(2)4-5-10(3)16-13-7-11(14)6-12(15)8-13/h6-10,16H,4-5H2,1-3H3. The largest absolute Gasteiger partial charge is 0.383 e. The van der Waals surface area contributed by atoms with Crippen LogP contribution < -0.4 is 5.32 Å². The molecule has 1 aromatic rings. The zero-order valence-electron chi connectivity index (χ0n) is 10.1. The maximum absolute atomic E-state index is 5.94. The highest BCUT2D eigenvalue weighted by Gasteiger charge is 2.05. The Labute approximate surface area is 108 Å². The van der Waals surface area contributed by atoms with Gasteiger partial charge in [-0.2, -0.15) is 0 Å². The van der Waals surface area contributed by atoms with Gasteiger partial charge in [0.1, 0.15) is 0 Å². The van der Waals surface area contributed by atoms with Gasteiger partial charge in [0.2, 0.25) is 0 Å². The van der Waals surface area contributed by atoms with Gasteiger partial charge < -0.3 is 5.32 Å². The predicted octanol–water partition coefficient (Wildman–Crippen LogP) is 5.23. The van der Waals surface area contributed by atoms with Crippen molar-refractivity contribution in [3.63, 3.8) is 0 Å². The minimum atomic E-state index is 0.442. The van der Waals surface area contributed by atoms with E-state index in [1.165, 1.54) is 6.42 Å². The van der Waals surface area contributed by atoms with E-state index in [0.29, 0.717) is 16.1 Å². The van der Waals surface area contributed by atoms with E-state index in [4.69, 9.17) is 23.2 Å². The van der Waals surface area contributed by atoms with Crippen molar-refractivity contribution in [3.8, 4) is 0 Å². The van der Waals surface area contributed by atoms with Crippen molar-refractivity contribution >= 4 is 28.9 Å². The Morgan fingerprint density at radius 3 is 2.06 bits per heavy atom. The van der Waals surface area contributed by atoms with Crippen molar-refractivity contribution in [1.82, 2.24) is 0 Å². The smallest absolute Gasteiger partial charge is 0.0441 e. The lowest BCUT2D eigenvalue weighted by Gasteiger charge is -2.16. The third-order valence-electron chi connectivity index (χ3n) is 2.45. The summed E-state index contributed by atoms with van der Waals surface area (Å²) in [5.74, 6) is 0.743. The van der Waals surface area contributed by atoms with Gasteiger partial charge in [-0.25, -0.2) is 0 Å². The van der Waals surface area contributed by atoms with Gasteiger partial charge in [-0.05, 0) is 43.9 Å². The van der Waals surface area contributed by atoms with Crippen LogP contribution in [0.15, 0.2) is 18.2 Å². The first-order valence-corrected chi connectivity index (χ1v) is 6.45. The van der Waals surface area contributed by atoms with Crippen LogP contribution >= 0.6 is 23.2 Å². The number of hydrogen-bond acceptors (Lipinski definition) is 1. The fourth-order valence-electron chi connectivity index (χ4n) is 1.58. The van der Waals surface area contributed by atoms with Crippen molar-refractivity contribution in [2.24, 2.45) is 5.92 Å². The van der Waals surface area contributed by atoms with Crippen LogP contribution in [0.2, 0.25) is 10.0 Å². The highest BCUT2D eigenvalue weighted by molar-refractivity contribution is 6.35. The van der Waals surface area contributed by atoms with E-state index in [-0.39, 0.29) is 0 Å². The second kappa shape index (κ2) is 6.36. The van der Waals surface area contributed by atoms with Crippen molar-refractivity contribution in [1.29, 1.82) is 0 Å². The van der Waals surface area contributed by atoms with Gasteiger partial charge in [0.25, 0.3) is 0 Å². The molecule has 0 aliphatic heterocycles. The molecular weight excluding hydrogens is 241 g/mol. The fourth-order valence-corrected chi connectivity index (χ4v) is 2.10. The van der Waals surface area contributed by atoms with Gasteiger partial charge in [-0.3, -0.25) is 0 Å². The number of rotatable bonds is 5. The first kappa shape index (κ1) is 13.7. The average molecular weight is 260 g/mol. The maximum Gasteiger partial charge on any atom is 0.0441 e. The molecule has 0 aliphatic rings. The van der Waals surface area contributed by atoms with E-state index >= 15 is 0 Å². The molecule has 0 amide bonds. The van der Waals surface area contributed by atoms with E-state index in [1.807, 2.05) is 12.1 Å². The third-order valence-corrected chi connectivity index (χ3v) is 2.89. The SMILES string of the molecule is CC(C)CCC(C)Nc1cc(Cl)cc(Cl)c1. The summed E-state index contributed by atoms with van der Waals surface area (Å²) < 4.78 is 0. The summed E-state index contributed by atoms with van der Waals surface area (Å²) in [6, 6.07) is 5.99. The predicted molar refractivity (Wildman–Crippen MR) is 73.6 cm³/mol. The molecule has 0 bridgehead atoms. The van der Waals surface area contributed by atoms with Crippen LogP contribution in [0, 0.1) is 5.92 Å². The topological polar surface area (TPSA) is 12.0 Å². The molecular formula is C13H19Cl2N. The quantitative estimate of drug-likeness (QED) is 0.764. The van der Waals surface area contributed by atoms with Crippen LogP contribution in [0.5, 0.6) is 0 Å². The molecule has 0 saturated heterocycles. The molecule has 0 aromatic heterocycles. The summed E-state index contributed by atoms with van der Waals surface area (Å²) in [5.41, 5.74) is 0.994. The summed E-state index contributed by atoms with van der Waals surface area (Å²) in [7, 11) is 0. The zero-order valence-corrected chi connectivity index (χ0v) is 11.6. The van der Waals surface area contributed by atoms with Gasteiger partial charge in [0.05, 0.1) is 0 Å². The van der Waals surface area contributed by atoms with Gasteiger partial charge in [0.15, 0.2) is 0 Å². The Balaban J connectivity index is 2.52. The fraction of sp³-hybridized carbons (Fsp3) is 0.538. The van der Waals surface area contributed by atoms with E-state index in [1.54, 1.807) is 6.07 Å². The summed E-state index contributed by atoms with van der Waals surface area (Å²) in [5, 5.41) is 4.75. The monoisotopic (exact) mass is 259 g/mol. The Hall–Kier alpha value is -0.400. The third kappa shape index (κ3) is 5.09. The average Bonchev–Trinajstić information content (AvgIpc) is 2.12. The Bertz CT molecular complexity index is 316. The molecule has 0 saturated carbocycles. The molecule has 0 spiro atoms. The van der Waals surface area contributed by atoms with Crippen LogP contribution in [0.3, 0.4) is 0 Å². The molecule has 0 aliphatic carbocycles. The molecule has 1 atom stereocenters. The minimum absolute atomic E-state index is 0.442. The van der Waals surface area contributed by atoms with E-state index in [2.05, 4.69) is 26.1 Å². The zero-order chi connectivity index (χ0) is 12.1. The van der Waals surface area contributed by atoms with Crippen LogP contribution in [-0.2, 0) is 0 Å². The van der Waals surface area contributed by atoms with Gasteiger partial charge in [-0.15, -0.1) is 0 Å². The van der Waals surface area contributed by atoms with E-state index in [9.17, 15) is 0 Å². The highest BCUT2D eigenvalue weighted by atomic mass is 35.5. The highest BCUT2D eigenvalue weighted by Crippen LogP contribution is 2.23. The normalized spacial score (nSPS) is 12.9. The van der Waals surface area contributed by atoms with E-state index < -0.39 is 0 Å². The first-order chi connectivity index (χ1) is 7.47. The van der Waals surface area contributed by atoms with Crippen molar-refractivity contribution < 1.29 is 0 Å². The van der Waals surface area contributed by atoms with Crippen LogP contribution in [-0.4, -0.2) is 6.04 Å². The van der Waals surface area contributed by atoms with Gasteiger partial charge in [0, 0.05) is 21.8 Å². The molecule has 1 N–H and O–H groups in total. The molecule has 0 fully saturated rings. The second-order valence-electron chi connectivity index (χ2n) is 4.67. The van der Waals surface area contributed by atoms with E-state index in [0.717, 1.165) is 18.0 Å². The second-order valence-corrected chi connectivity index (χ2v) is 5.55. The number of anilines is 1. The first-order valence-electron chi connectivity index (χ1n) is 5.70. The van der Waals surface area contributed by atoms with Gasteiger partial charge in [-0.1, -0.05) is 37.0 Å². The lowest BCUT2D eigenvalue weighted by Crippen LogP contribution is -2.15. The number of halogens is 2. The summed E-state index contributed by atoms with van der Waals surface area (Å²) in [6.07, 6.45) is 2.38. The molecule has 1 rings (SSSR count). The summed E-state index contributed by atoms with van der Waals surface area (Å²) >= 11 is 11.9. The number of benzene rings is 1. The lowest BCUT2D eigenvalue weighted by molar-refractivity contribution is 0.528. The molecule has 90 valence electrons. The van der Waals surface area contributed by atoms with Crippen molar-refractivity contribution in [3.05, 3.63) is 28.2 Å². The van der Waals surface area contributed by atoms with Crippen LogP contribution in [0.4, 0.5) is 5.69 Å². The molecule has 1 nitrogen and oxygen atoms in total. The summed E-state index contributed by atoms with van der Waals surface area (Å²) in [6.45, 7) is 6.66. The van der Waals surface area contributed by atoms with Crippen LogP contribution in [0.1, 0.15) is 33.6 Å². The van der Waals surface area contributed by atoms with Crippen molar-refractivity contribution in [2.45, 2.75) is 39.7 Å². The maximum atomic E-state index is 5.94. The molecule has 16 heavy (non-hydrogen) atoms. The molecule has 1 aromatic carbocycles. The summed E-state index contributed by atoms with van der Waals surface area (Å²) in [4.78, 5) is 0. The van der Waals surface area contributed by atoms with Gasteiger partial charge >= 0.3 is 0 Å². The van der Waals surface area contributed by atoms with Crippen LogP contribution in [0.25, 0.3) is 0 Å². The van der Waals surface area contributed by atoms with Crippen molar-refractivity contribution in [2.75, 3.05) is 5.32 Å². The molecule has 0 heterocycles. The number of nitrogens with one attached hydrogen (secondary N) is 1.